The molecule has 0 aromatic carbocycles. The van der Waals surface area contributed by atoms with Crippen LogP contribution in [0.25, 0.3) is 0 Å². The van der Waals surface area contributed by atoms with Crippen LogP contribution in [-0.2, 0) is 4.79 Å². The van der Waals surface area contributed by atoms with Gasteiger partial charge in [0, 0.05) is 19.5 Å². The minimum Gasteiger partial charge on any atom is -0.309 e. The van der Waals surface area contributed by atoms with Crippen molar-refractivity contribution in [3.05, 3.63) is 23.0 Å². The zero-order valence-corrected chi connectivity index (χ0v) is 8.68. The fraction of sp³-hybridized carbons (Fsp3) is 0.545. The second kappa shape index (κ2) is 3.38. The Kier molecular flexibility index (Phi) is 2.02. The molecule has 3 aliphatic rings. The molecule has 3 rings (SSSR count). The number of Topliss-reactive ketones (excluding diaryl/α,β-unsaturated/α-hetero) is 1. The van der Waals surface area contributed by atoms with Crippen LogP contribution in [0.3, 0.4) is 0 Å². The summed E-state index contributed by atoms with van der Waals surface area (Å²) in [5.41, 5.74) is 6.43. The van der Waals surface area contributed by atoms with Crippen molar-refractivity contribution in [3.63, 3.8) is 0 Å². The maximum absolute atomic E-state index is 12.0. The first-order chi connectivity index (χ1) is 7.36. The van der Waals surface area contributed by atoms with Crippen LogP contribution >= 0.6 is 0 Å². The van der Waals surface area contributed by atoms with Crippen molar-refractivity contribution in [1.82, 2.24) is 15.8 Å². The standard InChI is InChI=1S/C11H15N3O/c15-10-4-2-1-3-8-11(10)9-7-12-5-6-14(9)13-8/h3,12-13H,1-2,4-7H2. The van der Waals surface area contributed by atoms with E-state index in [0.717, 1.165) is 49.4 Å². The van der Waals surface area contributed by atoms with Gasteiger partial charge in [-0.05, 0) is 12.8 Å². The van der Waals surface area contributed by atoms with Crippen LogP contribution in [0.15, 0.2) is 23.0 Å². The number of nitrogens with zero attached hydrogens (tertiary/aromatic N) is 1. The van der Waals surface area contributed by atoms with Crippen molar-refractivity contribution in [2.75, 3.05) is 19.6 Å². The molecule has 0 aromatic heterocycles. The molecule has 0 saturated carbocycles. The lowest BCUT2D eigenvalue weighted by Gasteiger charge is -2.27. The molecular weight excluding hydrogens is 190 g/mol. The molecule has 2 heterocycles. The summed E-state index contributed by atoms with van der Waals surface area (Å²) in [5.74, 6) is 0.299. The largest absolute Gasteiger partial charge is 0.309 e. The van der Waals surface area contributed by atoms with Gasteiger partial charge in [0.1, 0.15) is 0 Å². The Morgan fingerprint density at radius 2 is 2.33 bits per heavy atom. The van der Waals surface area contributed by atoms with E-state index in [0.29, 0.717) is 12.2 Å². The molecule has 0 unspecified atom stereocenters. The van der Waals surface area contributed by atoms with Gasteiger partial charge in [-0.25, -0.2) is 0 Å². The third-order valence-corrected chi connectivity index (χ3v) is 3.18. The number of carbonyl (C=O) groups is 1. The first kappa shape index (κ1) is 8.97. The van der Waals surface area contributed by atoms with Gasteiger partial charge in [-0.15, -0.1) is 0 Å². The van der Waals surface area contributed by atoms with E-state index in [9.17, 15) is 4.79 Å². The van der Waals surface area contributed by atoms with Gasteiger partial charge < -0.3 is 5.32 Å². The number of piperazine rings is 1. The van der Waals surface area contributed by atoms with E-state index < -0.39 is 0 Å². The summed E-state index contributed by atoms with van der Waals surface area (Å²) in [6.45, 7) is 2.72. The number of hydrogen-bond donors (Lipinski definition) is 2. The van der Waals surface area contributed by atoms with E-state index in [2.05, 4.69) is 21.8 Å². The van der Waals surface area contributed by atoms with Gasteiger partial charge in [-0.2, -0.15) is 0 Å². The average molecular weight is 205 g/mol. The number of nitrogens with one attached hydrogen (secondary N) is 2. The molecule has 1 aliphatic carbocycles. The number of fused-ring (bicyclic) bond motifs is 2. The molecular formula is C11H15N3O. The second-order valence-corrected chi connectivity index (χ2v) is 4.20. The van der Waals surface area contributed by atoms with Crippen LogP contribution < -0.4 is 10.7 Å². The lowest BCUT2D eigenvalue weighted by molar-refractivity contribution is -0.115. The SMILES string of the molecule is O=C1CCCC=C2NN3CCNCC3=C12. The summed E-state index contributed by atoms with van der Waals surface area (Å²) in [6, 6.07) is 0. The molecule has 0 amide bonds. The molecule has 0 radical (unpaired) electrons. The fourth-order valence-electron chi connectivity index (χ4n) is 2.42. The Morgan fingerprint density at radius 1 is 1.40 bits per heavy atom. The Bertz CT molecular complexity index is 370. The number of hydrogen-bond acceptors (Lipinski definition) is 4. The number of carbonyl (C=O) groups excluding carboxylic acids is 1. The highest BCUT2D eigenvalue weighted by Gasteiger charge is 2.32. The van der Waals surface area contributed by atoms with Gasteiger partial charge in [-0.3, -0.25) is 15.2 Å². The highest BCUT2D eigenvalue weighted by molar-refractivity contribution is 6.01. The summed E-state index contributed by atoms with van der Waals surface area (Å²) >= 11 is 0. The van der Waals surface area contributed by atoms with Gasteiger partial charge in [0.25, 0.3) is 0 Å². The highest BCUT2D eigenvalue weighted by atomic mass is 16.1. The normalized spacial score (nSPS) is 25.5. The first-order valence-corrected chi connectivity index (χ1v) is 5.58. The van der Waals surface area contributed by atoms with E-state index in [-0.39, 0.29) is 0 Å². The van der Waals surface area contributed by atoms with Gasteiger partial charge >= 0.3 is 0 Å². The highest BCUT2D eigenvalue weighted by Crippen LogP contribution is 2.29. The quantitative estimate of drug-likeness (QED) is 0.597. The number of rotatable bonds is 0. The molecule has 80 valence electrons. The molecule has 0 aromatic rings. The van der Waals surface area contributed by atoms with Crippen molar-refractivity contribution in [2.45, 2.75) is 19.3 Å². The van der Waals surface area contributed by atoms with Crippen molar-refractivity contribution in [3.8, 4) is 0 Å². The molecule has 0 atom stereocenters. The monoisotopic (exact) mass is 205 g/mol. The molecule has 2 aliphatic heterocycles. The van der Waals surface area contributed by atoms with E-state index in [1.807, 2.05) is 0 Å². The molecule has 0 spiro atoms. The van der Waals surface area contributed by atoms with Crippen molar-refractivity contribution < 1.29 is 4.79 Å². The third-order valence-electron chi connectivity index (χ3n) is 3.18. The molecule has 2 N–H and O–H groups in total. The summed E-state index contributed by atoms with van der Waals surface area (Å²) < 4.78 is 0. The van der Waals surface area contributed by atoms with E-state index in [4.69, 9.17) is 0 Å². The second-order valence-electron chi connectivity index (χ2n) is 4.20. The Labute approximate surface area is 89.0 Å². The van der Waals surface area contributed by atoms with Crippen molar-refractivity contribution in [1.29, 1.82) is 0 Å². The molecule has 4 nitrogen and oxygen atoms in total. The van der Waals surface area contributed by atoms with Crippen LogP contribution in [0.4, 0.5) is 0 Å². The number of allylic oxidation sites excluding steroid dienone is 2. The lowest BCUT2D eigenvalue weighted by Crippen LogP contribution is -2.44. The Balaban J connectivity index is 2.04. The minimum absolute atomic E-state index is 0.299. The Morgan fingerprint density at radius 3 is 3.27 bits per heavy atom. The zero-order valence-electron chi connectivity index (χ0n) is 8.68. The van der Waals surface area contributed by atoms with Gasteiger partial charge in [-0.1, -0.05) is 6.08 Å². The summed E-state index contributed by atoms with van der Waals surface area (Å²) in [7, 11) is 0. The van der Waals surface area contributed by atoms with E-state index in [1.165, 1.54) is 0 Å². The van der Waals surface area contributed by atoms with Crippen LogP contribution in [0, 0.1) is 0 Å². The van der Waals surface area contributed by atoms with Crippen LogP contribution in [0.2, 0.25) is 0 Å². The Hall–Kier alpha value is -1.29. The fourth-order valence-corrected chi connectivity index (χ4v) is 2.42. The van der Waals surface area contributed by atoms with Crippen LogP contribution in [0.1, 0.15) is 19.3 Å². The smallest absolute Gasteiger partial charge is 0.166 e. The summed E-state index contributed by atoms with van der Waals surface area (Å²) in [4.78, 5) is 12.0. The maximum Gasteiger partial charge on any atom is 0.166 e. The average Bonchev–Trinajstić information content (AvgIpc) is 2.53. The van der Waals surface area contributed by atoms with Gasteiger partial charge in [0.2, 0.25) is 0 Å². The molecule has 15 heavy (non-hydrogen) atoms. The van der Waals surface area contributed by atoms with Crippen molar-refractivity contribution in [2.24, 2.45) is 0 Å². The maximum atomic E-state index is 12.0. The van der Waals surface area contributed by atoms with Crippen LogP contribution in [0.5, 0.6) is 0 Å². The molecule has 1 saturated heterocycles. The van der Waals surface area contributed by atoms with E-state index >= 15 is 0 Å². The number of hydrazine groups is 1. The molecule has 4 heteroatoms. The summed E-state index contributed by atoms with van der Waals surface area (Å²) in [6.07, 6.45) is 4.83. The molecule has 1 fully saturated rings. The lowest BCUT2D eigenvalue weighted by atomic mass is 10.0. The van der Waals surface area contributed by atoms with E-state index in [1.54, 1.807) is 0 Å². The van der Waals surface area contributed by atoms with Gasteiger partial charge in [0.05, 0.1) is 23.5 Å². The predicted molar refractivity (Wildman–Crippen MR) is 56.7 cm³/mol. The summed E-state index contributed by atoms with van der Waals surface area (Å²) in [5, 5.41) is 5.42. The topological polar surface area (TPSA) is 44.4 Å². The molecule has 0 bridgehead atoms. The van der Waals surface area contributed by atoms with Crippen LogP contribution in [-0.4, -0.2) is 30.4 Å². The van der Waals surface area contributed by atoms with Gasteiger partial charge in [0.15, 0.2) is 5.78 Å². The number of ketones is 1. The predicted octanol–water partition coefficient (Wildman–Crippen LogP) is 0.301. The zero-order chi connectivity index (χ0) is 10.3. The minimum atomic E-state index is 0.299. The first-order valence-electron chi connectivity index (χ1n) is 5.58. The third kappa shape index (κ3) is 1.36. The van der Waals surface area contributed by atoms with Crippen molar-refractivity contribution >= 4 is 5.78 Å².